The van der Waals surface area contributed by atoms with Gasteiger partial charge in [0, 0.05) is 16.5 Å². The molecule has 0 saturated carbocycles. The summed E-state index contributed by atoms with van der Waals surface area (Å²) in [6.45, 7) is 1.98. The van der Waals surface area contributed by atoms with Crippen molar-refractivity contribution in [2.24, 2.45) is 0 Å². The van der Waals surface area contributed by atoms with Gasteiger partial charge in [0.15, 0.2) is 5.78 Å². The van der Waals surface area contributed by atoms with Crippen LogP contribution in [0.4, 0.5) is 0 Å². The fourth-order valence-corrected chi connectivity index (χ4v) is 3.20. The van der Waals surface area contributed by atoms with Gasteiger partial charge in [0.25, 0.3) is 0 Å². The third-order valence-corrected chi connectivity index (χ3v) is 4.02. The fraction of sp³-hybridized carbons (Fsp3) is 0.188. The van der Waals surface area contributed by atoms with Gasteiger partial charge in [-0.05, 0) is 64.3 Å². The number of ketones is 1. The number of hydrogen-bond acceptors (Lipinski definition) is 2. The molecule has 0 radical (unpaired) electrons. The van der Waals surface area contributed by atoms with Crippen LogP contribution in [-0.4, -0.2) is 12.9 Å². The molecule has 0 N–H and O–H groups in total. The Morgan fingerprint density at radius 1 is 1.15 bits per heavy atom. The predicted octanol–water partition coefficient (Wildman–Crippen LogP) is 4.95. The minimum absolute atomic E-state index is 0.103. The minimum atomic E-state index is 0.103. The van der Waals surface area contributed by atoms with E-state index in [9.17, 15) is 4.79 Å². The van der Waals surface area contributed by atoms with E-state index >= 15 is 0 Å². The number of ether oxygens (including phenoxy) is 1. The second-order valence-corrected chi connectivity index (χ2v) is 6.36. The highest BCUT2D eigenvalue weighted by Gasteiger charge is 2.10. The first kappa shape index (κ1) is 15.3. The quantitative estimate of drug-likeness (QED) is 0.682. The molecule has 0 fully saturated rings. The van der Waals surface area contributed by atoms with E-state index in [0.29, 0.717) is 6.42 Å². The fourth-order valence-electron chi connectivity index (χ4n) is 2.00. The van der Waals surface area contributed by atoms with Crippen molar-refractivity contribution in [3.63, 3.8) is 0 Å². The molecule has 0 heterocycles. The molecule has 0 aliphatic rings. The van der Waals surface area contributed by atoms with Gasteiger partial charge in [0.1, 0.15) is 5.75 Å². The Morgan fingerprint density at radius 3 is 2.50 bits per heavy atom. The smallest absolute Gasteiger partial charge is 0.167 e. The first-order valence-corrected chi connectivity index (χ1v) is 7.71. The molecule has 2 aromatic carbocycles. The summed E-state index contributed by atoms with van der Waals surface area (Å²) >= 11 is 6.85. The predicted molar refractivity (Wildman–Crippen MR) is 87.6 cm³/mol. The number of halogens is 2. The molecule has 0 aliphatic carbocycles. The van der Waals surface area contributed by atoms with Crippen molar-refractivity contribution in [1.29, 1.82) is 0 Å². The number of aryl methyl sites for hydroxylation is 1. The van der Waals surface area contributed by atoms with Crippen molar-refractivity contribution in [2.45, 2.75) is 13.3 Å². The van der Waals surface area contributed by atoms with Crippen LogP contribution >= 0.6 is 31.9 Å². The number of benzene rings is 2. The Labute approximate surface area is 135 Å². The van der Waals surface area contributed by atoms with E-state index in [1.807, 2.05) is 43.3 Å². The molecule has 4 heteroatoms. The molecule has 104 valence electrons. The van der Waals surface area contributed by atoms with E-state index in [0.717, 1.165) is 31.4 Å². The van der Waals surface area contributed by atoms with Crippen molar-refractivity contribution >= 4 is 37.6 Å². The van der Waals surface area contributed by atoms with Gasteiger partial charge in [-0.25, -0.2) is 0 Å². The summed E-state index contributed by atoms with van der Waals surface area (Å²) < 4.78 is 6.97. The molecular weight excluding hydrogens is 384 g/mol. The number of methoxy groups -OCH3 is 1. The van der Waals surface area contributed by atoms with E-state index in [-0.39, 0.29) is 5.78 Å². The summed E-state index contributed by atoms with van der Waals surface area (Å²) in [5, 5.41) is 0. The number of rotatable bonds is 4. The number of carbonyl (C=O) groups excluding carboxylic acids is 1. The molecular formula is C16H14Br2O2. The topological polar surface area (TPSA) is 26.3 Å². The van der Waals surface area contributed by atoms with E-state index in [1.54, 1.807) is 7.11 Å². The summed E-state index contributed by atoms with van der Waals surface area (Å²) in [6, 6.07) is 11.4. The maximum absolute atomic E-state index is 12.3. The Hall–Kier alpha value is -1.13. The lowest BCUT2D eigenvalue weighted by molar-refractivity contribution is 0.0993. The van der Waals surface area contributed by atoms with E-state index in [4.69, 9.17) is 4.74 Å². The molecule has 2 nitrogen and oxygen atoms in total. The highest BCUT2D eigenvalue weighted by Crippen LogP contribution is 2.26. The minimum Gasteiger partial charge on any atom is -0.496 e. The van der Waals surface area contributed by atoms with E-state index in [2.05, 4.69) is 31.9 Å². The van der Waals surface area contributed by atoms with Crippen molar-refractivity contribution in [1.82, 2.24) is 0 Å². The van der Waals surface area contributed by atoms with E-state index < -0.39 is 0 Å². The highest BCUT2D eigenvalue weighted by molar-refractivity contribution is 9.10. The third kappa shape index (κ3) is 3.70. The van der Waals surface area contributed by atoms with Crippen LogP contribution in [0.15, 0.2) is 45.3 Å². The van der Waals surface area contributed by atoms with Crippen molar-refractivity contribution in [2.75, 3.05) is 7.11 Å². The zero-order valence-corrected chi connectivity index (χ0v) is 14.4. The zero-order chi connectivity index (χ0) is 14.7. The molecule has 0 amide bonds. The number of hydrogen-bond donors (Lipinski definition) is 0. The van der Waals surface area contributed by atoms with Crippen LogP contribution in [0.3, 0.4) is 0 Å². The standard InChI is InChI=1S/C16H14Br2O2/c1-10-5-12(9-13(17)6-10)15(19)8-11-3-4-16(20-2)14(18)7-11/h3-7,9H,8H2,1-2H3. The second-order valence-electron chi connectivity index (χ2n) is 4.59. The highest BCUT2D eigenvalue weighted by atomic mass is 79.9. The van der Waals surface area contributed by atoms with Crippen LogP contribution in [-0.2, 0) is 6.42 Å². The normalized spacial score (nSPS) is 10.4. The Kier molecular flexibility index (Phi) is 5.00. The van der Waals surface area contributed by atoms with Crippen molar-refractivity contribution in [3.05, 3.63) is 62.0 Å². The van der Waals surface area contributed by atoms with Crippen LogP contribution in [0.2, 0.25) is 0 Å². The van der Waals surface area contributed by atoms with Crippen LogP contribution in [0.25, 0.3) is 0 Å². The van der Waals surface area contributed by atoms with Gasteiger partial charge in [-0.15, -0.1) is 0 Å². The monoisotopic (exact) mass is 396 g/mol. The van der Waals surface area contributed by atoms with Gasteiger partial charge < -0.3 is 4.74 Å². The Balaban J connectivity index is 2.21. The molecule has 0 aliphatic heterocycles. The summed E-state index contributed by atoms with van der Waals surface area (Å²) in [5.74, 6) is 0.867. The maximum atomic E-state index is 12.3. The first-order valence-electron chi connectivity index (χ1n) is 6.12. The number of Topliss-reactive ketones (excluding diaryl/α,β-unsaturated/α-hetero) is 1. The summed E-state index contributed by atoms with van der Waals surface area (Å²) in [5.41, 5.74) is 2.75. The van der Waals surface area contributed by atoms with E-state index in [1.165, 1.54) is 0 Å². The van der Waals surface area contributed by atoms with Crippen LogP contribution in [0.5, 0.6) is 5.75 Å². The van der Waals surface area contributed by atoms with Crippen LogP contribution in [0, 0.1) is 6.92 Å². The molecule has 2 aromatic rings. The Morgan fingerprint density at radius 2 is 1.90 bits per heavy atom. The summed E-state index contributed by atoms with van der Waals surface area (Å²) in [7, 11) is 1.62. The lowest BCUT2D eigenvalue weighted by Gasteiger charge is -2.07. The molecule has 0 atom stereocenters. The van der Waals surface area contributed by atoms with Gasteiger partial charge >= 0.3 is 0 Å². The van der Waals surface area contributed by atoms with Gasteiger partial charge in [0.05, 0.1) is 11.6 Å². The zero-order valence-electron chi connectivity index (χ0n) is 11.2. The first-order chi connectivity index (χ1) is 9.49. The van der Waals surface area contributed by atoms with Crippen molar-refractivity contribution in [3.8, 4) is 5.75 Å². The van der Waals surface area contributed by atoms with Gasteiger partial charge in [-0.1, -0.05) is 22.0 Å². The summed E-state index contributed by atoms with van der Waals surface area (Å²) in [6.07, 6.45) is 0.373. The average molecular weight is 398 g/mol. The molecule has 20 heavy (non-hydrogen) atoms. The third-order valence-electron chi connectivity index (χ3n) is 2.94. The molecule has 0 spiro atoms. The van der Waals surface area contributed by atoms with Gasteiger partial charge in [-0.2, -0.15) is 0 Å². The second kappa shape index (κ2) is 6.55. The molecule has 0 aromatic heterocycles. The molecule has 0 bridgehead atoms. The maximum Gasteiger partial charge on any atom is 0.167 e. The van der Waals surface area contributed by atoms with Gasteiger partial charge in [-0.3, -0.25) is 4.79 Å². The SMILES string of the molecule is COc1ccc(CC(=O)c2cc(C)cc(Br)c2)cc1Br. The lowest BCUT2D eigenvalue weighted by atomic mass is 10.0. The molecule has 2 rings (SSSR count). The van der Waals surface area contributed by atoms with Crippen molar-refractivity contribution < 1.29 is 9.53 Å². The molecule has 0 unspecified atom stereocenters. The summed E-state index contributed by atoms with van der Waals surface area (Å²) in [4.78, 5) is 12.3. The Bertz CT molecular complexity index is 631. The van der Waals surface area contributed by atoms with Crippen LogP contribution < -0.4 is 4.74 Å². The van der Waals surface area contributed by atoms with Crippen LogP contribution in [0.1, 0.15) is 21.5 Å². The largest absolute Gasteiger partial charge is 0.496 e. The average Bonchev–Trinajstić information content (AvgIpc) is 2.37. The lowest BCUT2D eigenvalue weighted by Crippen LogP contribution is -2.04. The molecule has 0 saturated heterocycles. The van der Waals surface area contributed by atoms with Gasteiger partial charge in [0.2, 0.25) is 0 Å². The number of carbonyl (C=O) groups is 1.